The molecule has 0 spiro atoms. The predicted molar refractivity (Wildman–Crippen MR) is 136 cm³/mol. The molecule has 2 aromatic carbocycles. The Bertz CT molecular complexity index is 1390. The van der Waals surface area contributed by atoms with Crippen LogP contribution in [-0.2, 0) is 13.6 Å². The lowest BCUT2D eigenvalue weighted by molar-refractivity contribution is 0.0697. The molecule has 2 aromatic heterocycles. The van der Waals surface area contributed by atoms with Gasteiger partial charge >= 0.3 is 5.97 Å². The van der Waals surface area contributed by atoms with Gasteiger partial charge in [0.05, 0.1) is 5.56 Å². The van der Waals surface area contributed by atoms with Crippen LogP contribution in [0.5, 0.6) is 0 Å². The molecular formula is C29H30N2O3. The van der Waals surface area contributed by atoms with Crippen LogP contribution in [0.25, 0.3) is 33.2 Å². The van der Waals surface area contributed by atoms with Crippen LogP contribution < -0.4 is 5.56 Å². The lowest BCUT2D eigenvalue weighted by Crippen LogP contribution is -2.18. The van der Waals surface area contributed by atoms with Crippen LogP contribution >= 0.6 is 0 Å². The van der Waals surface area contributed by atoms with E-state index in [9.17, 15) is 14.7 Å². The minimum Gasteiger partial charge on any atom is -0.478 e. The van der Waals surface area contributed by atoms with Gasteiger partial charge in [-0.05, 0) is 66.6 Å². The number of hydrogen-bond acceptors (Lipinski definition) is 2. The van der Waals surface area contributed by atoms with E-state index in [1.807, 2.05) is 31.3 Å². The van der Waals surface area contributed by atoms with E-state index in [4.69, 9.17) is 0 Å². The maximum absolute atomic E-state index is 12.2. The summed E-state index contributed by atoms with van der Waals surface area (Å²) in [5, 5.41) is 10.4. The summed E-state index contributed by atoms with van der Waals surface area (Å²) in [6.45, 7) is 2.84. The Labute approximate surface area is 199 Å². The molecule has 1 N–H and O–H groups in total. The monoisotopic (exact) mass is 454 g/mol. The molecular weight excluding hydrogens is 424 g/mol. The third-order valence-corrected chi connectivity index (χ3v) is 7.20. The van der Waals surface area contributed by atoms with Gasteiger partial charge in [0, 0.05) is 48.0 Å². The Morgan fingerprint density at radius 2 is 1.65 bits per heavy atom. The second kappa shape index (κ2) is 8.98. The highest BCUT2D eigenvalue weighted by Crippen LogP contribution is 2.35. The van der Waals surface area contributed by atoms with Gasteiger partial charge in [0.2, 0.25) is 0 Å². The number of carbonyl (C=O) groups is 1. The number of carboxylic acid groups (broad SMARTS) is 1. The first kappa shape index (κ1) is 22.2. The zero-order valence-electron chi connectivity index (χ0n) is 19.8. The zero-order chi connectivity index (χ0) is 23.8. The van der Waals surface area contributed by atoms with Gasteiger partial charge in [-0.2, -0.15) is 0 Å². The molecule has 0 amide bonds. The third-order valence-electron chi connectivity index (χ3n) is 7.20. The van der Waals surface area contributed by atoms with Gasteiger partial charge in [-0.3, -0.25) is 4.79 Å². The van der Waals surface area contributed by atoms with Crippen LogP contribution in [0.2, 0.25) is 0 Å². The van der Waals surface area contributed by atoms with Crippen LogP contribution in [0.1, 0.15) is 48.0 Å². The van der Waals surface area contributed by atoms with Crippen molar-refractivity contribution in [3.05, 3.63) is 82.4 Å². The third kappa shape index (κ3) is 4.18. The zero-order valence-corrected chi connectivity index (χ0v) is 19.8. The summed E-state index contributed by atoms with van der Waals surface area (Å²) in [6, 6.07) is 15.6. The van der Waals surface area contributed by atoms with E-state index < -0.39 is 5.97 Å². The lowest BCUT2D eigenvalue weighted by atomic mass is 9.89. The predicted octanol–water partition coefficient (Wildman–Crippen LogP) is 6.26. The van der Waals surface area contributed by atoms with Crippen LogP contribution in [0.15, 0.2) is 65.7 Å². The van der Waals surface area contributed by atoms with Crippen LogP contribution in [-0.4, -0.2) is 20.2 Å². The SMILES string of the molecule is Cc1cc(-c2ccc3c(-c4ccc(C(=O)O)cc4)cn(CC4CCCCC4)c3c2)cn(C)c1=O. The fourth-order valence-corrected chi connectivity index (χ4v) is 5.33. The molecule has 1 aliphatic carbocycles. The second-order valence-corrected chi connectivity index (χ2v) is 9.64. The Morgan fingerprint density at radius 3 is 2.32 bits per heavy atom. The molecule has 4 aromatic rings. The molecule has 5 heteroatoms. The maximum atomic E-state index is 12.2. The number of hydrogen-bond donors (Lipinski definition) is 1. The summed E-state index contributed by atoms with van der Waals surface area (Å²) in [4.78, 5) is 23.5. The molecule has 0 atom stereocenters. The summed E-state index contributed by atoms with van der Waals surface area (Å²) < 4.78 is 4.02. The van der Waals surface area contributed by atoms with Crippen molar-refractivity contribution < 1.29 is 9.90 Å². The van der Waals surface area contributed by atoms with E-state index in [2.05, 4.69) is 29.0 Å². The minimum absolute atomic E-state index is 0.0256. The highest BCUT2D eigenvalue weighted by Gasteiger charge is 2.18. The van der Waals surface area contributed by atoms with Crippen molar-refractivity contribution in [3.63, 3.8) is 0 Å². The summed E-state index contributed by atoms with van der Waals surface area (Å²) in [5.41, 5.74) is 6.47. The van der Waals surface area contributed by atoms with Crippen LogP contribution in [0, 0.1) is 12.8 Å². The number of rotatable bonds is 5. The number of aromatic carboxylic acids is 1. The Morgan fingerprint density at radius 1 is 0.941 bits per heavy atom. The van der Waals surface area contributed by atoms with Gasteiger partial charge in [0.25, 0.3) is 5.56 Å². The molecule has 0 aliphatic heterocycles. The smallest absolute Gasteiger partial charge is 0.335 e. The van der Waals surface area contributed by atoms with Crippen LogP contribution in [0.4, 0.5) is 0 Å². The van der Waals surface area contributed by atoms with Gasteiger partial charge in [0.15, 0.2) is 0 Å². The van der Waals surface area contributed by atoms with Crippen molar-refractivity contribution in [3.8, 4) is 22.3 Å². The van der Waals surface area contributed by atoms with Crippen molar-refractivity contribution in [2.75, 3.05) is 0 Å². The van der Waals surface area contributed by atoms with Gasteiger partial charge in [0.1, 0.15) is 0 Å². The van der Waals surface area contributed by atoms with Crippen LogP contribution in [0.3, 0.4) is 0 Å². The largest absolute Gasteiger partial charge is 0.478 e. The fraction of sp³-hybridized carbons (Fsp3) is 0.310. The van der Waals surface area contributed by atoms with E-state index in [1.165, 1.54) is 37.6 Å². The van der Waals surface area contributed by atoms with E-state index in [-0.39, 0.29) is 5.56 Å². The Balaban J connectivity index is 1.63. The van der Waals surface area contributed by atoms with E-state index in [1.54, 1.807) is 23.7 Å². The molecule has 0 saturated heterocycles. The van der Waals surface area contributed by atoms with Crippen molar-refractivity contribution in [1.29, 1.82) is 0 Å². The first-order chi connectivity index (χ1) is 16.4. The molecule has 0 bridgehead atoms. The lowest BCUT2D eigenvalue weighted by Gasteiger charge is -2.22. The molecule has 1 saturated carbocycles. The molecule has 5 nitrogen and oxygen atoms in total. The highest BCUT2D eigenvalue weighted by molar-refractivity contribution is 5.98. The van der Waals surface area contributed by atoms with Crippen molar-refractivity contribution in [1.82, 2.24) is 9.13 Å². The molecule has 5 rings (SSSR count). The molecule has 174 valence electrons. The van der Waals surface area contributed by atoms with E-state index in [0.717, 1.165) is 39.7 Å². The molecule has 0 radical (unpaired) electrons. The number of carboxylic acids is 1. The molecule has 1 aliphatic rings. The number of nitrogens with zero attached hydrogens (tertiary/aromatic N) is 2. The van der Waals surface area contributed by atoms with Crippen molar-refractivity contribution in [2.24, 2.45) is 13.0 Å². The Hall–Kier alpha value is -3.60. The van der Waals surface area contributed by atoms with Gasteiger partial charge in [-0.15, -0.1) is 0 Å². The number of fused-ring (bicyclic) bond motifs is 1. The minimum atomic E-state index is -0.913. The molecule has 1 fully saturated rings. The number of aromatic nitrogens is 2. The number of pyridine rings is 1. The number of aryl methyl sites for hydroxylation is 2. The molecule has 34 heavy (non-hydrogen) atoms. The van der Waals surface area contributed by atoms with E-state index in [0.29, 0.717) is 11.5 Å². The molecule has 2 heterocycles. The fourth-order valence-electron chi connectivity index (χ4n) is 5.33. The van der Waals surface area contributed by atoms with Crippen molar-refractivity contribution in [2.45, 2.75) is 45.6 Å². The summed E-state index contributed by atoms with van der Waals surface area (Å²) >= 11 is 0. The van der Waals surface area contributed by atoms with Gasteiger partial charge in [-0.25, -0.2) is 4.79 Å². The second-order valence-electron chi connectivity index (χ2n) is 9.64. The highest BCUT2D eigenvalue weighted by atomic mass is 16.4. The van der Waals surface area contributed by atoms with Gasteiger partial charge < -0.3 is 14.2 Å². The Kier molecular flexibility index (Phi) is 5.86. The standard InChI is InChI=1S/C29H30N2O3/c1-19-14-24(17-30(2)28(19)32)23-12-13-25-26(21-8-10-22(11-9-21)29(33)34)18-31(27(25)15-23)16-20-6-4-3-5-7-20/h8-15,17-18,20H,3-7,16H2,1-2H3,(H,33,34). The topological polar surface area (TPSA) is 64.2 Å². The average Bonchev–Trinajstić information content (AvgIpc) is 3.20. The quantitative estimate of drug-likeness (QED) is 0.387. The first-order valence-electron chi connectivity index (χ1n) is 12.0. The summed E-state index contributed by atoms with van der Waals surface area (Å²) in [6.07, 6.45) is 10.6. The molecule has 0 unspecified atom stereocenters. The summed E-state index contributed by atoms with van der Waals surface area (Å²) in [5.74, 6) is -0.237. The van der Waals surface area contributed by atoms with E-state index >= 15 is 0 Å². The van der Waals surface area contributed by atoms with Gasteiger partial charge in [-0.1, -0.05) is 43.5 Å². The number of benzene rings is 2. The first-order valence-corrected chi connectivity index (χ1v) is 12.0. The normalized spacial score (nSPS) is 14.5. The maximum Gasteiger partial charge on any atom is 0.335 e. The summed E-state index contributed by atoms with van der Waals surface area (Å²) in [7, 11) is 1.79. The van der Waals surface area contributed by atoms with Crippen molar-refractivity contribution >= 4 is 16.9 Å². The average molecular weight is 455 g/mol.